The third-order valence-electron chi connectivity index (χ3n) is 4.29. The van der Waals surface area contributed by atoms with Crippen molar-refractivity contribution in [3.63, 3.8) is 0 Å². The Labute approximate surface area is 144 Å². The predicted octanol–water partition coefficient (Wildman–Crippen LogP) is 4.43. The first-order valence-electron chi connectivity index (χ1n) is 8.67. The van der Waals surface area contributed by atoms with E-state index in [2.05, 4.69) is 6.92 Å². The van der Waals surface area contributed by atoms with Gasteiger partial charge in [0.15, 0.2) is 0 Å². The third-order valence-corrected chi connectivity index (χ3v) is 4.29. The maximum Gasteiger partial charge on any atom is 0.347 e. The lowest BCUT2D eigenvalue weighted by Gasteiger charge is -2.29. The van der Waals surface area contributed by atoms with Crippen molar-refractivity contribution in [1.29, 1.82) is 0 Å². The zero-order valence-electron chi connectivity index (χ0n) is 14.4. The molecule has 3 heteroatoms. The molecule has 0 unspecified atom stereocenters. The van der Waals surface area contributed by atoms with Gasteiger partial charge in [0.1, 0.15) is 6.10 Å². The molecule has 1 N–H and O–H groups in total. The van der Waals surface area contributed by atoms with Crippen LogP contribution in [-0.4, -0.2) is 17.2 Å². The summed E-state index contributed by atoms with van der Waals surface area (Å²) in [5, 5.41) is 11.3. The molecule has 0 heterocycles. The van der Waals surface area contributed by atoms with Gasteiger partial charge in [0, 0.05) is 0 Å². The monoisotopic (exact) mass is 326 g/mol. The molecule has 2 rings (SSSR count). The molecule has 24 heavy (non-hydrogen) atoms. The van der Waals surface area contributed by atoms with E-state index in [-0.39, 0.29) is 6.10 Å². The second kappa shape index (κ2) is 8.65. The van der Waals surface area contributed by atoms with Crippen LogP contribution in [0.3, 0.4) is 0 Å². The van der Waals surface area contributed by atoms with Gasteiger partial charge in [0.2, 0.25) is 5.60 Å². The highest BCUT2D eigenvalue weighted by Crippen LogP contribution is 2.32. The van der Waals surface area contributed by atoms with Gasteiger partial charge >= 0.3 is 5.97 Å². The third kappa shape index (κ3) is 4.04. The minimum atomic E-state index is -1.79. The quantitative estimate of drug-likeness (QED) is 0.730. The largest absolute Gasteiger partial charge is 0.460 e. The average Bonchev–Trinajstić information content (AvgIpc) is 2.65. The molecule has 128 valence electrons. The van der Waals surface area contributed by atoms with Crippen molar-refractivity contribution < 1.29 is 14.6 Å². The molecule has 2 aromatic rings. The van der Waals surface area contributed by atoms with Crippen LogP contribution in [0.15, 0.2) is 60.7 Å². The van der Waals surface area contributed by atoms with Gasteiger partial charge in [0.05, 0.1) is 0 Å². The first-order chi connectivity index (χ1) is 11.6. The van der Waals surface area contributed by atoms with Gasteiger partial charge in [-0.05, 0) is 24.0 Å². The van der Waals surface area contributed by atoms with E-state index >= 15 is 0 Å². The maximum atomic E-state index is 12.9. The highest BCUT2D eigenvalue weighted by molar-refractivity contribution is 5.85. The van der Waals surface area contributed by atoms with Crippen LogP contribution in [0.2, 0.25) is 0 Å². The van der Waals surface area contributed by atoms with Gasteiger partial charge in [-0.15, -0.1) is 0 Å². The van der Waals surface area contributed by atoms with Crippen molar-refractivity contribution >= 4 is 5.97 Å². The van der Waals surface area contributed by atoms with Crippen molar-refractivity contribution in [2.75, 3.05) is 0 Å². The fraction of sp³-hybridized carbons (Fsp3) is 0.381. The molecular weight excluding hydrogens is 300 g/mol. The number of benzene rings is 2. The Morgan fingerprint density at radius 2 is 1.50 bits per heavy atom. The minimum Gasteiger partial charge on any atom is -0.460 e. The maximum absolute atomic E-state index is 12.9. The zero-order valence-corrected chi connectivity index (χ0v) is 14.4. The molecule has 1 atom stereocenters. The molecule has 0 spiro atoms. The molecule has 0 aliphatic heterocycles. The summed E-state index contributed by atoms with van der Waals surface area (Å²) in [5.41, 5.74) is -0.750. The number of rotatable bonds is 8. The van der Waals surface area contributed by atoms with Crippen LogP contribution in [0, 0.1) is 0 Å². The summed E-state index contributed by atoms with van der Waals surface area (Å²) in [6.07, 6.45) is 3.44. The van der Waals surface area contributed by atoms with Crippen molar-refractivity contribution in [3.8, 4) is 0 Å². The van der Waals surface area contributed by atoms with Gasteiger partial charge in [-0.2, -0.15) is 0 Å². The smallest absolute Gasteiger partial charge is 0.347 e. The predicted molar refractivity (Wildman–Crippen MR) is 95.6 cm³/mol. The molecule has 0 aliphatic carbocycles. The van der Waals surface area contributed by atoms with E-state index in [1.807, 2.05) is 43.3 Å². The summed E-state index contributed by atoms with van der Waals surface area (Å²) in [6, 6.07) is 18.0. The van der Waals surface area contributed by atoms with Crippen molar-refractivity contribution in [1.82, 2.24) is 0 Å². The molecule has 0 fully saturated rings. The Morgan fingerprint density at radius 1 is 1.00 bits per heavy atom. The Bertz CT molecular complexity index is 583. The van der Waals surface area contributed by atoms with Gasteiger partial charge in [-0.25, -0.2) is 4.79 Å². The normalized spacial score (nSPS) is 12.6. The van der Waals surface area contributed by atoms with Gasteiger partial charge in [-0.3, -0.25) is 0 Å². The summed E-state index contributed by atoms with van der Waals surface area (Å²) >= 11 is 0. The number of carbonyl (C=O) groups excluding carboxylic acids is 1. The van der Waals surface area contributed by atoms with Gasteiger partial charge < -0.3 is 9.84 Å². The van der Waals surface area contributed by atoms with Gasteiger partial charge in [0.25, 0.3) is 0 Å². The van der Waals surface area contributed by atoms with E-state index in [1.54, 1.807) is 24.3 Å². The van der Waals surface area contributed by atoms with E-state index in [9.17, 15) is 9.90 Å². The molecule has 0 bridgehead atoms. The number of carbonyl (C=O) groups is 1. The van der Waals surface area contributed by atoms with E-state index in [1.165, 1.54) is 0 Å². The van der Waals surface area contributed by atoms with Crippen molar-refractivity contribution in [2.45, 2.75) is 51.2 Å². The number of aliphatic hydroxyl groups is 1. The Balaban J connectivity index is 2.34. The summed E-state index contributed by atoms with van der Waals surface area (Å²) in [5.74, 6) is -0.608. The summed E-state index contributed by atoms with van der Waals surface area (Å²) in [4.78, 5) is 12.9. The van der Waals surface area contributed by atoms with Crippen LogP contribution in [0.1, 0.15) is 50.7 Å². The first kappa shape index (κ1) is 18.2. The second-order valence-corrected chi connectivity index (χ2v) is 6.02. The fourth-order valence-corrected chi connectivity index (χ4v) is 2.78. The van der Waals surface area contributed by atoms with Crippen LogP contribution in [0.4, 0.5) is 0 Å². The van der Waals surface area contributed by atoms with Crippen molar-refractivity contribution in [2.24, 2.45) is 0 Å². The molecule has 3 nitrogen and oxygen atoms in total. The molecule has 0 aliphatic rings. The lowest BCUT2D eigenvalue weighted by molar-refractivity contribution is -0.168. The number of esters is 1. The van der Waals surface area contributed by atoms with E-state index in [0.717, 1.165) is 25.7 Å². The minimum absolute atomic E-state index is 0.170. The first-order valence-corrected chi connectivity index (χ1v) is 8.67. The Morgan fingerprint density at radius 3 is 1.92 bits per heavy atom. The van der Waals surface area contributed by atoms with E-state index < -0.39 is 11.6 Å². The summed E-state index contributed by atoms with van der Waals surface area (Å²) in [7, 11) is 0. The van der Waals surface area contributed by atoms with Crippen LogP contribution >= 0.6 is 0 Å². The highest BCUT2D eigenvalue weighted by Gasteiger charge is 2.42. The topological polar surface area (TPSA) is 46.5 Å². The van der Waals surface area contributed by atoms with Crippen LogP contribution in [-0.2, 0) is 15.1 Å². The number of hydrogen-bond acceptors (Lipinski definition) is 3. The second-order valence-electron chi connectivity index (χ2n) is 6.02. The SMILES string of the molecule is CCCC[C@H](CC)OC(=O)C(O)(c1ccccc1)c1ccccc1. The summed E-state index contributed by atoms with van der Waals surface area (Å²) in [6.45, 7) is 4.11. The molecule has 0 saturated carbocycles. The van der Waals surface area contributed by atoms with E-state index in [0.29, 0.717) is 11.1 Å². The molecular formula is C21H26O3. The Hall–Kier alpha value is -2.13. The lowest BCUT2D eigenvalue weighted by atomic mass is 9.86. The average molecular weight is 326 g/mol. The van der Waals surface area contributed by atoms with Crippen LogP contribution in [0.5, 0.6) is 0 Å². The highest BCUT2D eigenvalue weighted by atomic mass is 16.6. The molecule has 0 aromatic heterocycles. The van der Waals surface area contributed by atoms with Crippen molar-refractivity contribution in [3.05, 3.63) is 71.8 Å². The zero-order chi connectivity index (χ0) is 17.4. The molecule has 2 aromatic carbocycles. The Kier molecular flexibility index (Phi) is 6.56. The van der Waals surface area contributed by atoms with Crippen LogP contribution in [0.25, 0.3) is 0 Å². The van der Waals surface area contributed by atoms with Gasteiger partial charge in [-0.1, -0.05) is 87.4 Å². The molecule has 0 saturated heterocycles. The lowest BCUT2D eigenvalue weighted by Crippen LogP contribution is -2.40. The molecule has 0 radical (unpaired) electrons. The van der Waals surface area contributed by atoms with E-state index in [4.69, 9.17) is 4.74 Å². The molecule has 0 amide bonds. The summed E-state index contributed by atoms with van der Waals surface area (Å²) < 4.78 is 5.69. The number of ether oxygens (including phenoxy) is 1. The van der Waals surface area contributed by atoms with Crippen LogP contribution < -0.4 is 0 Å². The standard InChI is InChI=1S/C21H26O3/c1-3-5-16-19(4-2)24-20(22)21(23,17-12-8-6-9-13-17)18-14-10-7-11-15-18/h6-15,19,23H,3-5,16H2,1-2H3/t19-/m0/s1. The fourth-order valence-electron chi connectivity index (χ4n) is 2.78. The number of unbranched alkanes of at least 4 members (excludes halogenated alkanes) is 1. The number of hydrogen-bond donors (Lipinski definition) is 1.